The van der Waals surface area contributed by atoms with Gasteiger partial charge in [0.15, 0.2) is 0 Å². The Morgan fingerprint density at radius 1 is 1.18 bits per heavy atom. The van der Waals surface area contributed by atoms with Crippen molar-refractivity contribution in [2.45, 2.75) is 51.6 Å². The van der Waals surface area contributed by atoms with E-state index in [1.165, 1.54) is 6.42 Å². The lowest BCUT2D eigenvalue weighted by Gasteiger charge is -2.32. The average Bonchev–Trinajstić information content (AvgIpc) is 3.62. The van der Waals surface area contributed by atoms with E-state index >= 15 is 0 Å². The van der Waals surface area contributed by atoms with Gasteiger partial charge in [-0.15, -0.1) is 5.10 Å². The lowest BCUT2D eigenvalue weighted by molar-refractivity contribution is -0.149. The first-order valence-electron chi connectivity index (χ1n) is 12.3. The molecule has 0 spiro atoms. The van der Waals surface area contributed by atoms with Crippen LogP contribution in [0.3, 0.4) is 0 Å². The number of piperidine rings is 1. The highest BCUT2D eigenvalue weighted by atomic mass is 19.4. The number of rotatable bonds is 9. The van der Waals surface area contributed by atoms with Gasteiger partial charge in [0.25, 0.3) is 0 Å². The quantitative estimate of drug-likeness (QED) is 0.467. The van der Waals surface area contributed by atoms with Gasteiger partial charge >= 0.3 is 6.18 Å². The smallest absolute Gasteiger partial charge is 0.389 e. The number of likely N-dealkylation sites (tertiary alicyclic amines) is 1. The third-order valence-electron chi connectivity index (χ3n) is 7.60. The van der Waals surface area contributed by atoms with Crippen molar-refractivity contribution in [1.29, 1.82) is 0 Å². The van der Waals surface area contributed by atoms with Crippen LogP contribution in [0.25, 0.3) is 0 Å². The molecule has 4 rings (SSSR count). The SMILES string of the molecule is CC[N+]1(c2ccc(OCCC3CC3C3CCN(C(=O)CCC(F)(F)F)CC3)cc2)C=NN=CC1. The molecule has 0 radical (unpaired) electrons. The predicted octanol–water partition coefficient (Wildman–Crippen LogP) is 5.03. The summed E-state index contributed by atoms with van der Waals surface area (Å²) in [4.78, 5) is 13.6. The van der Waals surface area contributed by atoms with Crippen LogP contribution in [0.5, 0.6) is 5.75 Å². The van der Waals surface area contributed by atoms with Gasteiger partial charge in [-0.25, -0.2) is 4.48 Å². The van der Waals surface area contributed by atoms with E-state index in [9.17, 15) is 18.0 Å². The van der Waals surface area contributed by atoms with Crippen molar-refractivity contribution >= 4 is 24.1 Å². The van der Waals surface area contributed by atoms with Gasteiger partial charge in [-0.2, -0.15) is 18.3 Å². The van der Waals surface area contributed by atoms with Crippen LogP contribution in [0, 0.1) is 17.8 Å². The molecule has 2 heterocycles. The summed E-state index contributed by atoms with van der Waals surface area (Å²) in [5.74, 6) is 2.38. The van der Waals surface area contributed by atoms with Crippen LogP contribution in [0.1, 0.15) is 45.4 Å². The molecule has 3 aliphatic rings. The Hall–Kier alpha value is -2.42. The molecule has 2 fully saturated rings. The van der Waals surface area contributed by atoms with Crippen LogP contribution >= 0.6 is 0 Å². The molecule has 3 atom stereocenters. The van der Waals surface area contributed by atoms with Crippen LogP contribution < -0.4 is 9.22 Å². The molecule has 9 heteroatoms. The number of carbonyl (C=O) groups is 1. The Kier molecular flexibility index (Phi) is 7.60. The highest BCUT2D eigenvalue weighted by Gasteiger charge is 2.43. The molecule has 1 aliphatic carbocycles. The van der Waals surface area contributed by atoms with Crippen LogP contribution in [0.2, 0.25) is 0 Å². The largest absolute Gasteiger partial charge is 0.494 e. The van der Waals surface area contributed by atoms with E-state index in [4.69, 9.17) is 4.74 Å². The Labute approximate surface area is 199 Å². The summed E-state index contributed by atoms with van der Waals surface area (Å²) in [5.41, 5.74) is 1.16. The summed E-state index contributed by atoms with van der Waals surface area (Å²) in [6, 6.07) is 8.21. The lowest BCUT2D eigenvalue weighted by Crippen LogP contribution is -2.50. The monoisotopic (exact) mass is 479 g/mol. The first kappa shape index (κ1) is 24.7. The molecule has 1 saturated carbocycles. The second-order valence-corrected chi connectivity index (χ2v) is 9.69. The third-order valence-corrected chi connectivity index (χ3v) is 7.60. The standard InChI is InChI=1S/C25H34F3N4O2/c1-2-32(15-12-29-30-18-32)21-3-5-22(6-4-21)34-16-10-20-17-23(20)19-8-13-31(14-9-19)24(33)7-11-25(26,27)28/h3-6,12,18-20,23H,2,7-11,13-17H2,1H3/q+1. The number of amides is 1. The maximum Gasteiger partial charge on any atom is 0.389 e. The number of benzene rings is 1. The topological polar surface area (TPSA) is 54.3 Å². The van der Waals surface area contributed by atoms with Crippen LogP contribution in [-0.2, 0) is 4.79 Å². The van der Waals surface area contributed by atoms with Crippen molar-refractivity contribution in [3.05, 3.63) is 24.3 Å². The molecule has 6 nitrogen and oxygen atoms in total. The number of halogens is 3. The fourth-order valence-corrected chi connectivity index (χ4v) is 5.30. The Morgan fingerprint density at radius 2 is 1.91 bits per heavy atom. The van der Waals surface area contributed by atoms with Gasteiger partial charge in [-0.05, 0) is 62.5 Å². The lowest BCUT2D eigenvalue weighted by atomic mass is 9.90. The fraction of sp³-hybridized carbons (Fsp3) is 0.640. The number of ether oxygens (including phenoxy) is 1. The van der Waals surface area contributed by atoms with Crippen LogP contribution in [0.15, 0.2) is 34.5 Å². The highest BCUT2D eigenvalue weighted by molar-refractivity contribution is 5.82. The summed E-state index contributed by atoms with van der Waals surface area (Å²) in [7, 11) is 0. The summed E-state index contributed by atoms with van der Waals surface area (Å²) in [6.45, 7) is 5.68. The number of alkyl halides is 3. The minimum absolute atomic E-state index is 0.366. The number of hydrogen-bond donors (Lipinski definition) is 0. The van der Waals surface area contributed by atoms with E-state index in [1.807, 2.05) is 24.7 Å². The average molecular weight is 480 g/mol. The zero-order valence-corrected chi connectivity index (χ0v) is 19.7. The number of carbonyl (C=O) groups excluding carboxylic acids is 1. The molecule has 0 bridgehead atoms. The van der Waals surface area contributed by atoms with Crippen molar-refractivity contribution in [3.63, 3.8) is 0 Å². The molecule has 1 saturated heterocycles. The van der Waals surface area contributed by atoms with Crippen LogP contribution in [0.4, 0.5) is 18.9 Å². The number of hydrogen-bond acceptors (Lipinski definition) is 4. The molecule has 0 aromatic heterocycles. The third kappa shape index (κ3) is 6.17. The zero-order valence-electron chi connectivity index (χ0n) is 19.7. The molecule has 1 aromatic carbocycles. The molecule has 1 aromatic rings. The first-order chi connectivity index (χ1) is 16.3. The Bertz CT molecular complexity index is 894. The van der Waals surface area contributed by atoms with Crippen molar-refractivity contribution in [1.82, 2.24) is 9.38 Å². The Morgan fingerprint density at radius 3 is 2.53 bits per heavy atom. The predicted molar refractivity (Wildman–Crippen MR) is 127 cm³/mol. The molecule has 0 N–H and O–H groups in total. The van der Waals surface area contributed by atoms with Crippen molar-refractivity contribution in [3.8, 4) is 5.75 Å². The first-order valence-corrected chi connectivity index (χ1v) is 12.3. The van der Waals surface area contributed by atoms with Gasteiger partial charge in [-0.1, -0.05) is 0 Å². The van der Waals surface area contributed by atoms with E-state index in [0.29, 0.717) is 41.9 Å². The fourth-order valence-electron chi connectivity index (χ4n) is 5.30. The highest BCUT2D eigenvalue weighted by Crippen LogP contribution is 2.49. The van der Waals surface area contributed by atoms with Gasteiger partial charge in [0.1, 0.15) is 18.0 Å². The maximum absolute atomic E-state index is 12.3. The van der Waals surface area contributed by atoms with E-state index in [1.54, 1.807) is 4.90 Å². The normalized spacial score (nSPS) is 27.1. The van der Waals surface area contributed by atoms with Crippen LogP contribution in [-0.4, -0.2) is 62.3 Å². The molecular weight excluding hydrogens is 445 g/mol. The molecule has 3 unspecified atom stereocenters. The molecule has 186 valence electrons. The van der Waals surface area contributed by atoms with Crippen molar-refractivity contribution in [2.75, 3.05) is 32.8 Å². The van der Waals surface area contributed by atoms with E-state index < -0.39 is 19.0 Å². The van der Waals surface area contributed by atoms with Gasteiger partial charge in [0.2, 0.25) is 12.2 Å². The molecule has 2 aliphatic heterocycles. The van der Waals surface area contributed by atoms with Gasteiger partial charge in [0, 0.05) is 31.6 Å². The molecular formula is C25H34F3N4O2+. The van der Waals surface area contributed by atoms with E-state index in [-0.39, 0.29) is 5.91 Å². The van der Waals surface area contributed by atoms with E-state index in [0.717, 1.165) is 43.8 Å². The minimum Gasteiger partial charge on any atom is -0.494 e. The Balaban J connectivity index is 1.15. The number of quaternary nitrogens is 1. The molecule has 34 heavy (non-hydrogen) atoms. The summed E-state index contributed by atoms with van der Waals surface area (Å²) in [6.07, 6.45) is 1.98. The minimum atomic E-state index is -4.27. The number of nitrogens with zero attached hydrogens (tertiary/aromatic N) is 4. The molecule has 1 amide bonds. The van der Waals surface area contributed by atoms with Crippen molar-refractivity contribution < 1.29 is 22.7 Å². The van der Waals surface area contributed by atoms with Gasteiger partial charge < -0.3 is 9.64 Å². The summed E-state index contributed by atoms with van der Waals surface area (Å²) >= 11 is 0. The second kappa shape index (κ2) is 10.5. The summed E-state index contributed by atoms with van der Waals surface area (Å²) < 4.78 is 43.7. The van der Waals surface area contributed by atoms with Crippen molar-refractivity contribution in [2.24, 2.45) is 28.0 Å². The maximum atomic E-state index is 12.3. The summed E-state index contributed by atoms with van der Waals surface area (Å²) in [5, 5.41) is 8.02. The second-order valence-electron chi connectivity index (χ2n) is 9.69. The van der Waals surface area contributed by atoms with Gasteiger partial charge in [0.05, 0.1) is 25.8 Å². The van der Waals surface area contributed by atoms with Gasteiger partial charge in [-0.3, -0.25) is 4.79 Å². The zero-order chi connectivity index (χ0) is 24.2. The van der Waals surface area contributed by atoms with E-state index in [2.05, 4.69) is 29.3 Å².